The Hall–Kier alpha value is -3.61. The van der Waals surface area contributed by atoms with Gasteiger partial charge in [0.2, 0.25) is 0 Å². The van der Waals surface area contributed by atoms with Gasteiger partial charge in [-0.1, -0.05) is 60.7 Å². The second-order valence-corrected chi connectivity index (χ2v) is 5.80. The Morgan fingerprint density at radius 2 is 1.08 bits per heavy atom. The van der Waals surface area contributed by atoms with Crippen molar-refractivity contribution in [3.63, 3.8) is 0 Å². The maximum absolute atomic E-state index is 12.9. The summed E-state index contributed by atoms with van der Waals surface area (Å²) in [5.41, 5.74) is 1.70. The van der Waals surface area contributed by atoms with E-state index in [1.807, 2.05) is 60.7 Å². The van der Waals surface area contributed by atoms with Gasteiger partial charge in [0.1, 0.15) is 11.6 Å². The SMILES string of the molecule is Cc1nc(-c2ccccc2)nn1C(=O)n1nc(-c2ccccc2)nc1C. The standard InChI is InChI=1S/C19H16N6O/c1-13-20-17(15-9-5-3-6-10-15)22-24(13)19(26)25-14(2)21-18(23-25)16-11-7-4-8-12-16/h3-12H,1-2H3. The maximum Gasteiger partial charge on any atom is 0.372 e. The van der Waals surface area contributed by atoms with Crippen molar-refractivity contribution in [2.45, 2.75) is 13.8 Å². The van der Waals surface area contributed by atoms with Crippen molar-refractivity contribution in [1.29, 1.82) is 0 Å². The lowest BCUT2D eigenvalue weighted by Crippen LogP contribution is -2.24. The van der Waals surface area contributed by atoms with E-state index < -0.39 is 6.03 Å². The summed E-state index contributed by atoms with van der Waals surface area (Å²) in [4.78, 5) is 21.7. The van der Waals surface area contributed by atoms with Gasteiger partial charge in [-0.25, -0.2) is 14.8 Å². The summed E-state index contributed by atoms with van der Waals surface area (Å²) in [6, 6.07) is 18.6. The highest BCUT2D eigenvalue weighted by Crippen LogP contribution is 2.17. The van der Waals surface area contributed by atoms with Crippen molar-refractivity contribution >= 4 is 6.03 Å². The molecule has 0 fully saturated rings. The lowest BCUT2D eigenvalue weighted by Gasteiger charge is -2.02. The number of rotatable bonds is 2. The first-order valence-electron chi connectivity index (χ1n) is 8.16. The zero-order valence-electron chi connectivity index (χ0n) is 14.4. The molecule has 0 aliphatic carbocycles. The molecule has 0 saturated heterocycles. The van der Waals surface area contributed by atoms with E-state index in [2.05, 4.69) is 20.2 Å². The van der Waals surface area contributed by atoms with E-state index >= 15 is 0 Å². The lowest BCUT2D eigenvalue weighted by atomic mass is 10.2. The summed E-state index contributed by atoms with van der Waals surface area (Å²) in [6.45, 7) is 3.48. The summed E-state index contributed by atoms with van der Waals surface area (Å²) in [5, 5.41) is 8.69. The molecule has 0 saturated carbocycles. The number of hydrogen-bond donors (Lipinski definition) is 0. The number of benzene rings is 2. The van der Waals surface area contributed by atoms with Crippen LogP contribution in [0.1, 0.15) is 11.6 Å². The molecule has 7 nitrogen and oxygen atoms in total. The van der Waals surface area contributed by atoms with Gasteiger partial charge < -0.3 is 0 Å². The first kappa shape index (κ1) is 15.9. The Morgan fingerprint density at radius 3 is 1.46 bits per heavy atom. The lowest BCUT2D eigenvalue weighted by molar-refractivity contribution is 0.237. The fraction of sp³-hybridized carbons (Fsp3) is 0.105. The summed E-state index contributed by atoms with van der Waals surface area (Å²) >= 11 is 0. The average molecular weight is 344 g/mol. The molecular weight excluding hydrogens is 328 g/mol. The van der Waals surface area contributed by atoms with E-state index in [0.717, 1.165) is 11.1 Å². The van der Waals surface area contributed by atoms with Gasteiger partial charge in [-0.2, -0.15) is 9.36 Å². The number of hydrogen-bond acceptors (Lipinski definition) is 5. The highest BCUT2D eigenvalue weighted by molar-refractivity contribution is 5.79. The van der Waals surface area contributed by atoms with Gasteiger partial charge >= 0.3 is 6.03 Å². The van der Waals surface area contributed by atoms with Crippen LogP contribution >= 0.6 is 0 Å². The van der Waals surface area contributed by atoms with Gasteiger partial charge in [0.25, 0.3) is 0 Å². The first-order chi connectivity index (χ1) is 12.6. The third-order valence-electron chi connectivity index (χ3n) is 3.96. The fourth-order valence-electron chi connectivity index (χ4n) is 2.65. The smallest absolute Gasteiger partial charge is 0.243 e. The van der Waals surface area contributed by atoms with Gasteiger partial charge in [0.15, 0.2) is 11.6 Å². The summed E-state index contributed by atoms with van der Waals surface area (Å²) in [6.07, 6.45) is 0. The number of aromatic nitrogens is 6. The van der Waals surface area contributed by atoms with E-state index in [9.17, 15) is 4.79 Å². The monoisotopic (exact) mass is 344 g/mol. The van der Waals surface area contributed by atoms with Crippen molar-refractivity contribution in [2.75, 3.05) is 0 Å². The second kappa shape index (κ2) is 6.36. The molecule has 2 aromatic carbocycles. The molecule has 0 radical (unpaired) electrons. The minimum absolute atomic E-state index is 0.413. The van der Waals surface area contributed by atoms with Crippen LogP contribution in [-0.2, 0) is 0 Å². The van der Waals surface area contributed by atoms with E-state index in [4.69, 9.17) is 0 Å². The molecule has 7 heteroatoms. The number of carbonyl (C=O) groups is 1. The van der Waals surface area contributed by atoms with Crippen molar-refractivity contribution in [3.05, 3.63) is 72.3 Å². The minimum atomic E-state index is -0.413. The molecule has 2 aromatic heterocycles. The number of aryl methyl sites for hydroxylation is 2. The van der Waals surface area contributed by atoms with Gasteiger partial charge in [0, 0.05) is 11.1 Å². The topological polar surface area (TPSA) is 78.5 Å². The van der Waals surface area contributed by atoms with Gasteiger partial charge in [0.05, 0.1) is 0 Å². The third-order valence-corrected chi connectivity index (χ3v) is 3.96. The fourth-order valence-corrected chi connectivity index (χ4v) is 2.65. The second-order valence-electron chi connectivity index (χ2n) is 5.80. The zero-order chi connectivity index (χ0) is 18.1. The summed E-state index contributed by atoms with van der Waals surface area (Å²) in [7, 11) is 0. The van der Waals surface area contributed by atoms with E-state index in [1.165, 1.54) is 9.36 Å². The molecule has 4 aromatic rings. The van der Waals surface area contributed by atoms with Crippen LogP contribution in [0, 0.1) is 13.8 Å². The molecule has 0 N–H and O–H groups in total. The molecule has 26 heavy (non-hydrogen) atoms. The van der Waals surface area contributed by atoms with Crippen LogP contribution in [0.3, 0.4) is 0 Å². The molecule has 0 amide bonds. The van der Waals surface area contributed by atoms with Crippen LogP contribution in [0.25, 0.3) is 22.8 Å². The Balaban J connectivity index is 1.71. The molecular formula is C19H16N6O. The normalized spacial score (nSPS) is 10.8. The van der Waals surface area contributed by atoms with Gasteiger partial charge in [-0.05, 0) is 13.8 Å². The Morgan fingerprint density at radius 1 is 0.692 bits per heavy atom. The van der Waals surface area contributed by atoms with Crippen LogP contribution in [0.2, 0.25) is 0 Å². The molecule has 128 valence electrons. The highest BCUT2D eigenvalue weighted by atomic mass is 16.2. The van der Waals surface area contributed by atoms with Gasteiger partial charge in [-0.15, -0.1) is 10.2 Å². The minimum Gasteiger partial charge on any atom is -0.243 e. The molecule has 0 atom stereocenters. The predicted octanol–water partition coefficient (Wildman–Crippen LogP) is 3.34. The van der Waals surface area contributed by atoms with Crippen molar-refractivity contribution < 1.29 is 4.79 Å². The maximum atomic E-state index is 12.9. The Labute approximate surface area is 150 Å². The quantitative estimate of drug-likeness (QED) is 0.557. The largest absolute Gasteiger partial charge is 0.372 e. The van der Waals surface area contributed by atoms with Crippen LogP contribution < -0.4 is 0 Å². The van der Waals surface area contributed by atoms with Crippen molar-refractivity contribution in [3.8, 4) is 22.8 Å². The summed E-state index contributed by atoms with van der Waals surface area (Å²) < 4.78 is 2.50. The first-order valence-corrected chi connectivity index (χ1v) is 8.16. The number of nitrogens with zero attached hydrogens (tertiary/aromatic N) is 6. The van der Waals surface area contributed by atoms with Crippen LogP contribution in [0.15, 0.2) is 60.7 Å². The number of carbonyl (C=O) groups excluding carboxylic acids is 1. The van der Waals surface area contributed by atoms with Crippen LogP contribution in [-0.4, -0.2) is 35.6 Å². The van der Waals surface area contributed by atoms with E-state index in [-0.39, 0.29) is 0 Å². The average Bonchev–Trinajstić information content (AvgIpc) is 3.26. The van der Waals surface area contributed by atoms with Gasteiger partial charge in [-0.3, -0.25) is 0 Å². The van der Waals surface area contributed by atoms with E-state index in [1.54, 1.807) is 13.8 Å². The molecule has 0 aliphatic heterocycles. The van der Waals surface area contributed by atoms with Crippen molar-refractivity contribution in [2.24, 2.45) is 0 Å². The summed E-state index contributed by atoms with van der Waals surface area (Å²) in [5.74, 6) is 1.98. The molecule has 0 unspecified atom stereocenters. The molecule has 2 heterocycles. The Bertz CT molecular complexity index is 980. The third kappa shape index (κ3) is 2.79. The zero-order valence-corrected chi connectivity index (χ0v) is 14.4. The van der Waals surface area contributed by atoms with Crippen molar-refractivity contribution in [1.82, 2.24) is 29.5 Å². The van der Waals surface area contributed by atoms with Crippen LogP contribution in [0.4, 0.5) is 4.79 Å². The molecule has 0 aliphatic rings. The highest BCUT2D eigenvalue weighted by Gasteiger charge is 2.20. The predicted molar refractivity (Wildman–Crippen MR) is 96.6 cm³/mol. The van der Waals surface area contributed by atoms with E-state index in [0.29, 0.717) is 23.3 Å². The molecule has 0 bridgehead atoms. The molecule has 4 rings (SSSR count). The molecule has 0 spiro atoms. The van der Waals surface area contributed by atoms with Crippen LogP contribution in [0.5, 0.6) is 0 Å². The Kier molecular flexibility index (Phi) is 3.89.